The van der Waals surface area contributed by atoms with Crippen molar-refractivity contribution < 1.29 is 9.53 Å². The van der Waals surface area contributed by atoms with E-state index >= 15 is 0 Å². The first-order chi connectivity index (χ1) is 12.8. The highest BCUT2D eigenvalue weighted by Crippen LogP contribution is 2.34. The predicted octanol–water partition coefficient (Wildman–Crippen LogP) is 4.43. The molecule has 0 saturated heterocycles. The summed E-state index contributed by atoms with van der Waals surface area (Å²) in [5.74, 6) is 0.328. The van der Waals surface area contributed by atoms with E-state index in [4.69, 9.17) is 33.7 Å². The molecule has 1 amide bonds. The van der Waals surface area contributed by atoms with E-state index in [9.17, 15) is 4.79 Å². The van der Waals surface area contributed by atoms with Crippen LogP contribution < -0.4 is 15.8 Å². The molecule has 1 aromatic carbocycles. The molecule has 0 aliphatic carbocycles. The number of aryl methyl sites for hydroxylation is 1. The average molecular weight is 425 g/mol. The van der Waals surface area contributed by atoms with Crippen LogP contribution in [-0.2, 0) is 7.05 Å². The quantitative estimate of drug-likeness (QED) is 0.612. The van der Waals surface area contributed by atoms with Crippen LogP contribution in [0.3, 0.4) is 0 Å². The van der Waals surface area contributed by atoms with Crippen LogP contribution in [0.25, 0.3) is 11.3 Å². The molecule has 1 atom stereocenters. The number of carbonyl (C=O) groups excluding carboxylic acids is 1. The molecule has 6 nitrogen and oxygen atoms in total. The van der Waals surface area contributed by atoms with Crippen LogP contribution in [0.1, 0.15) is 17.3 Å². The molecule has 0 aliphatic heterocycles. The minimum Gasteiger partial charge on any atom is -0.491 e. The summed E-state index contributed by atoms with van der Waals surface area (Å²) in [6.45, 7) is 2.24. The summed E-state index contributed by atoms with van der Waals surface area (Å²) in [6, 6.07) is 8.70. The standard InChI is InChI=1S/C18H18Cl2N4O2S/c1-10(21)9-26-15-4-3-11(7-12(15)14-5-6-22-24(14)2)23-18(25)13-8-16(19)27-17(13)20/h3-8,10H,9,21H2,1-2H3,(H,23,25)/t10-/m0/s1. The van der Waals surface area contributed by atoms with E-state index in [1.807, 2.05) is 26.1 Å². The van der Waals surface area contributed by atoms with Gasteiger partial charge in [-0.3, -0.25) is 9.48 Å². The number of hydrogen-bond acceptors (Lipinski definition) is 5. The van der Waals surface area contributed by atoms with Gasteiger partial charge in [-0.1, -0.05) is 23.2 Å². The SMILES string of the molecule is C[C@H](N)COc1ccc(NC(=O)c2cc(Cl)sc2Cl)cc1-c1ccnn1C. The first-order valence-electron chi connectivity index (χ1n) is 8.12. The van der Waals surface area contributed by atoms with Gasteiger partial charge in [-0.05, 0) is 37.3 Å². The molecule has 0 saturated carbocycles. The summed E-state index contributed by atoms with van der Waals surface area (Å²) >= 11 is 13.1. The molecule has 27 heavy (non-hydrogen) atoms. The van der Waals surface area contributed by atoms with Gasteiger partial charge in [-0.2, -0.15) is 5.10 Å². The fourth-order valence-electron chi connectivity index (χ4n) is 2.49. The zero-order valence-corrected chi connectivity index (χ0v) is 17.0. The lowest BCUT2D eigenvalue weighted by Gasteiger charge is -2.15. The van der Waals surface area contributed by atoms with Crippen molar-refractivity contribution in [3.8, 4) is 17.0 Å². The summed E-state index contributed by atoms with van der Waals surface area (Å²) in [6.07, 6.45) is 1.70. The molecular weight excluding hydrogens is 407 g/mol. The van der Waals surface area contributed by atoms with Crippen molar-refractivity contribution in [1.29, 1.82) is 0 Å². The van der Waals surface area contributed by atoms with Crippen LogP contribution in [0.5, 0.6) is 5.75 Å². The Balaban J connectivity index is 1.92. The lowest BCUT2D eigenvalue weighted by Crippen LogP contribution is -2.23. The van der Waals surface area contributed by atoms with Crippen LogP contribution in [0.4, 0.5) is 5.69 Å². The van der Waals surface area contributed by atoms with Crippen LogP contribution in [-0.4, -0.2) is 28.3 Å². The van der Waals surface area contributed by atoms with Crippen LogP contribution in [0, 0.1) is 0 Å². The maximum Gasteiger partial charge on any atom is 0.258 e. The van der Waals surface area contributed by atoms with Gasteiger partial charge in [0.05, 0.1) is 15.6 Å². The highest BCUT2D eigenvalue weighted by Gasteiger charge is 2.17. The molecule has 0 spiro atoms. The number of aromatic nitrogens is 2. The molecule has 3 aromatic rings. The molecule has 3 N–H and O–H groups in total. The second kappa shape index (κ2) is 8.31. The zero-order chi connectivity index (χ0) is 19.6. The zero-order valence-electron chi connectivity index (χ0n) is 14.7. The number of hydrogen-bond donors (Lipinski definition) is 2. The van der Waals surface area contributed by atoms with E-state index in [1.165, 1.54) is 0 Å². The molecule has 0 unspecified atom stereocenters. The van der Waals surface area contributed by atoms with Gasteiger partial charge in [0.15, 0.2) is 0 Å². The Kier molecular flexibility index (Phi) is 6.06. The molecule has 3 rings (SSSR count). The van der Waals surface area contributed by atoms with Gasteiger partial charge in [0, 0.05) is 30.5 Å². The number of halogens is 2. The lowest BCUT2D eigenvalue weighted by molar-refractivity contribution is 0.102. The van der Waals surface area contributed by atoms with Gasteiger partial charge < -0.3 is 15.8 Å². The van der Waals surface area contributed by atoms with Crippen molar-refractivity contribution in [2.75, 3.05) is 11.9 Å². The van der Waals surface area contributed by atoms with Crippen molar-refractivity contribution >= 4 is 46.1 Å². The Morgan fingerprint density at radius 2 is 2.15 bits per heavy atom. The molecule has 0 bridgehead atoms. The number of anilines is 1. The van der Waals surface area contributed by atoms with Crippen LogP contribution >= 0.6 is 34.5 Å². The van der Waals surface area contributed by atoms with Gasteiger partial charge in [-0.25, -0.2) is 0 Å². The molecule has 2 heterocycles. The Labute approximate surface area is 170 Å². The van der Waals surface area contributed by atoms with E-state index in [1.54, 1.807) is 29.1 Å². The van der Waals surface area contributed by atoms with E-state index in [2.05, 4.69) is 10.4 Å². The number of nitrogens with two attached hydrogens (primary N) is 1. The first-order valence-corrected chi connectivity index (χ1v) is 9.69. The van der Waals surface area contributed by atoms with Gasteiger partial charge in [0.1, 0.15) is 16.7 Å². The van der Waals surface area contributed by atoms with Crippen molar-refractivity contribution in [1.82, 2.24) is 9.78 Å². The van der Waals surface area contributed by atoms with Crippen molar-refractivity contribution in [3.63, 3.8) is 0 Å². The number of ether oxygens (including phenoxy) is 1. The fraction of sp³-hybridized carbons (Fsp3) is 0.222. The van der Waals surface area contributed by atoms with Gasteiger partial charge >= 0.3 is 0 Å². The molecule has 0 radical (unpaired) electrons. The topological polar surface area (TPSA) is 82.2 Å². The third-order valence-corrected chi connectivity index (χ3v) is 5.22. The third-order valence-electron chi connectivity index (χ3n) is 3.74. The largest absolute Gasteiger partial charge is 0.491 e. The second-order valence-corrected chi connectivity index (χ2v) is 8.32. The Morgan fingerprint density at radius 1 is 1.37 bits per heavy atom. The second-order valence-electron chi connectivity index (χ2n) is 6.03. The number of amides is 1. The maximum atomic E-state index is 12.5. The summed E-state index contributed by atoms with van der Waals surface area (Å²) in [4.78, 5) is 12.5. The number of nitrogens with zero attached hydrogens (tertiary/aromatic N) is 2. The third kappa shape index (κ3) is 4.62. The van der Waals surface area contributed by atoms with E-state index in [0.29, 0.717) is 32.3 Å². The molecule has 142 valence electrons. The number of rotatable bonds is 6. The van der Waals surface area contributed by atoms with Crippen LogP contribution in [0.2, 0.25) is 8.67 Å². The fourth-order valence-corrected chi connectivity index (χ4v) is 3.94. The van der Waals surface area contributed by atoms with Gasteiger partial charge in [0.25, 0.3) is 5.91 Å². The minimum atomic E-state index is -0.330. The highest BCUT2D eigenvalue weighted by molar-refractivity contribution is 7.20. The molecule has 9 heteroatoms. The van der Waals surface area contributed by atoms with Crippen molar-refractivity contribution in [2.45, 2.75) is 13.0 Å². The molecule has 0 aliphatic rings. The van der Waals surface area contributed by atoms with E-state index in [0.717, 1.165) is 22.6 Å². The van der Waals surface area contributed by atoms with E-state index in [-0.39, 0.29) is 11.9 Å². The molecule has 0 fully saturated rings. The maximum absolute atomic E-state index is 12.5. The Hall–Kier alpha value is -2.06. The Bertz CT molecular complexity index is 968. The Morgan fingerprint density at radius 3 is 2.74 bits per heavy atom. The van der Waals surface area contributed by atoms with Crippen molar-refractivity contribution in [3.05, 3.63) is 50.8 Å². The van der Waals surface area contributed by atoms with E-state index < -0.39 is 0 Å². The number of carbonyl (C=O) groups is 1. The summed E-state index contributed by atoms with van der Waals surface area (Å²) in [5.41, 5.74) is 8.38. The van der Waals surface area contributed by atoms with Crippen LogP contribution in [0.15, 0.2) is 36.5 Å². The summed E-state index contributed by atoms with van der Waals surface area (Å²) in [5, 5.41) is 7.04. The van der Waals surface area contributed by atoms with Gasteiger partial charge in [-0.15, -0.1) is 11.3 Å². The predicted molar refractivity (Wildman–Crippen MR) is 110 cm³/mol. The monoisotopic (exact) mass is 424 g/mol. The normalized spacial score (nSPS) is 12.0. The molecular formula is C18H18Cl2N4O2S. The lowest BCUT2D eigenvalue weighted by atomic mass is 10.1. The molecule has 2 aromatic heterocycles. The van der Waals surface area contributed by atoms with Crippen molar-refractivity contribution in [2.24, 2.45) is 12.8 Å². The average Bonchev–Trinajstić information content (AvgIpc) is 3.18. The highest BCUT2D eigenvalue weighted by atomic mass is 35.5. The first kappa shape index (κ1) is 19.7. The minimum absolute atomic E-state index is 0.103. The summed E-state index contributed by atoms with van der Waals surface area (Å²) in [7, 11) is 1.84. The van der Waals surface area contributed by atoms with Gasteiger partial charge in [0.2, 0.25) is 0 Å². The number of thiophene rings is 1. The number of nitrogens with one attached hydrogen (secondary N) is 1. The summed E-state index contributed by atoms with van der Waals surface area (Å²) < 4.78 is 8.37. The smallest absolute Gasteiger partial charge is 0.258 e. The number of benzene rings is 1.